The average molecular weight is 251 g/mol. The van der Waals surface area contributed by atoms with Gasteiger partial charge in [-0.15, -0.1) is 0 Å². The molecule has 0 amide bonds. The molecule has 1 aromatic carbocycles. The number of carbonyl (C=O) groups is 1. The number of hydrogen-bond donors (Lipinski definition) is 0. The van der Waals surface area contributed by atoms with E-state index in [1.54, 1.807) is 0 Å². The minimum atomic E-state index is -0.482. The second kappa shape index (κ2) is 3.54. The maximum Gasteiger partial charge on any atom is 0.161 e. The molecule has 0 aromatic heterocycles. The second-order valence-electron chi connectivity index (χ2n) is 2.30. The highest BCUT2D eigenvalue weighted by molar-refractivity contribution is 9.10. The topological polar surface area (TPSA) is 17.1 Å². The van der Waals surface area contributed by atoms with Gasteiger partial charge in [0, 0.05) is 5.56 Å². The molecule has 12 heavy (non-hydrogen) atoms. The van der Waals surface area contributed by atoms with Crippen LogP contribution < -0.4 is 0 Å². The van der Waals surface area contributed by atoms with E-state index in [-0.39, 0.29) is 20.8 Å². The molecule has 0 N–H and O–H groups in total. The molecule has 4 heteroatoms. The summed E-state index contributed by atoms with van der Waals surface area (Å²) >= 11 is 8.64. The molecular weight excluding hydrogens is 246 g/mol. The van der Waals surface area contributed by atoms with Crippen LogP contribution in [-0.4, -0.2) is 5.78 Å². The molecule has 0 heterocycles. The minimum Gasteiger partial charge on any atom is -0.294 e. The van der Waals surface area contributed by atoms with Crippen molar-refractivity contribution in [3.05, 3.63) is 33.0 Å². The van der Waals surface area contributed by atoms with Gasteiger partial charge in [0.05, 0.1) is 9.50 Å². The van der Waals surface area contributed by atoms with E-state index >= 15 is 0 Å². The maximum absolute atomic E-state index is 12.9. The SMILES string of the molecule is CC(=O)c1cc(F)c(Br)cc1Cl. The van der Waals surface area contributed by atoms with Gasteiger partial charge in [0.25, 0.3) is 0 Å². The van der Waals surface area contributed by atoms with Gasteiger partial charge in [0.1, 0.15) is 5.82 Å². The Labute approximate surface area is 82.7 Å². The summed E-state index contributed by atoms with van der Waals surface area (Å²) in [5.74, 6) is -0.726. The van der Waals surface area contributed by atoms with Gasteiger partial charge in [-0.2, -0.15) is 0 Å². The van der Waals surface area contributed by atoms with Crippen LogP contribution in [0.15, 0.2) is 16.6 Å². The number of rotatable bonds is 1. The average Bonchev–Trinajstić information content (AvgIpc) is 1.96. The first-order valence-corrected chi connectivity index (χ1v) is 4.35. The molecule has 64 valence electrons. The van der Waals surface area contributed by atoms with Gasteiger partial charge >= 0.3 is 0 Å². The number of Topliss-reactive ketones (excluding diaryl/α,β-unsaturated/α-hetero) is 1. The fraction of sp³-hybridized carbons (Fsp3) is 0.125. The van der Waals surface area contributed by atoms with Gasteiger partial charge in [-0.1, -0.05) is 11.6 Å². The quantitative estimate of drug-likeness (QED) is 0.552. The van der Waals surface area contributed by atoms with Crippen molar-refractivity contribution in [2.45, 2.75) is 6.92 Å². The second-order valence-corrected chi connectivity index (χ2v) is 3.56. The van der Waals surface area contributed by atoms with Crippen LogP contribution in [0.4, 0.5) is 4.39 Å². The lowest BCUT2D eigenvalue weighted by molar-refractivity contribution is 0.101. The van der Waals surface area contributed by atoms with Crippen LogP contribution in [0.1, 0.15) is 17.3 Å². The first-order valence-electron chi connectivity index (χ1n) is 3.18. The first kappa shape index (κ1) is 9.68. The molecule has 1 rings (SSSR count). The Morgan fingerprint density at radius 2 is 2.17 bits per heavy atom. The van der Waals surface area contributed by atoms with Crippen molar-refractivity contribution in [1.82, 2.24) is 0 Å². The number of halogens is 3. The maximum atomic E-state index is 12.9. The van der Waals surface area contributed by atoms with Crippen LogP contribution in [-0.2, 0) is 0 Å². The standard InChI is InChI=1S/C8H5BrClFO/c1-4(12)5-2-8(11)6(9)3-7(5)10/h2-3H,1H3. The Bertz CT molecular complexity index is 338. The Balaban J connectivity index is 3.33. The molecule has 0 saturated carbocycles. The van der Waals surface area contributed by atoms with E-state index in [2.05, 4.69) is 15.9 Å². The van der Waals surface area contributed by atoms with Crippen LogP contribution in [0, 0.1) is 5.82 Å². The van der Waals surface area contributed by atoms with Crippen molar-refractivity contribution in [3.63, 3.8) is 0 Å². The largest absolute Gasteiger partial charge is 0.294 e. The van der Waals surface area contributed by atoms with Crippen LogP contribution in [0.5, 0.6) is 0 Å². The molecule has 1 nitrogen and oxygen atoms in total. The molecule has 0 bridgehead atoms. The van der Waals surface area contributed by atoms with Gasteiger partial charge in [-0.3, -0.25) is 4.79 Å². The van der Waals surface area contributed by atoms with E-state index in [1.807, 2.05) is 0 Å². The number of carbonyl (C=O) groups excluding carboxylic acids is 1. The summed E-state index contributed by atoms with van der Waals surface area (Å²) in [7, 11) is 0. The van der Waals surface area contributed by atoms with Crippen molar-refractivity contribution in [2.75, 3.05) is 0 Å². The normalized spacial score (nSPS) is 10.0. The lowest BCUT2D eigenvalue weighted by atomic mass is 10.1. The highest BCUT2D eigenvalue weighted by Gasteiger charge is 2.09. The molecule has 0 aliphatic carbocycles. The van der Waals surface area contributed by atoms with Crippen molar-refractivity contribution in [1.29, 1.82) is 0 Å². The molecule has 0 fully saturated rings. The van der Waals surface area contributed by atoms with Gasteiger partial charge < -0.3 is 0 Å². The molecule has 0 aliphatic rings. The molecule has 0 saturated heterocycles. The smallest absolute Gasteiger partial charge is 0.161 e. The van der Waals surface area contributed by atoms with E-state index < -0.39 is 5.82 Å². The highest BCUT2D eigenvalue weighted by Crippen LogP contribution is 2.24. The molecule has 1 aromatic rings. The molecule has 0 atom stereocenters. The molecule has 0 aliphatic heterocycles. The Morgan fingerprint density at radius 1 is 1.58 bits per heavy atom. The van der Waals surface area contributed by atoms with Gasteiger partial charge in [0.2, 0.25) is 0 Å². The van der Waals surface area contributed by atoms with Gasteiger partial charge in [0.15, 0.2) is 5.78 Å². The summed E-state index contributed by atoms with van der Waals surface area (Å²) in [5, 5.41) is 0.260. The fourth-order valence-electron chi connectivity index (χ4n) is 0.792. The van der Waals surface area contributed by atoms with E-state index in [4.69, 9.17) is 11.6 Å². The monoisotopic (exact) mass is 250 g/mol. The van der Waals surface area contributed by atoms with Crippen molar-refractivity contribution >= 4 is 33.3 Å². The third-order valence-electron chi connectivity index (χ3n) is 1.39. The Hall–Kier alpha value is -0.410. The van der Waals surface area contributed by atoms with Crippen molar-refractivity contribution < 1.29 is 9.18 Å². The minimum absolute atomic E-state index is 0.206. The van der Waals surface area contributed by atoms with Gasteiger partial charge in [-0.05, 0) is 35.0 Å². The van der Waals surface area contributed by atoms with Crippen molar-refractivity contribution in [2.24, 2.45) is 0 Å². The summed E-state index contributed by atoms with van der Waals surface area (Å²) in [4.78, 5) is 10.9. The Morgan fingerprint density at radius 3 is 2.67 bits per heavy atom. The summed E-state index contributed by atoms with van der Waals surface area (Å²) in [6, 6.07) is 2.49. The third kappa shape index (κ3) is 1.84. The zero-order valence-electron chi connectivity index (χ0n) is 6.20. The van der Waals surface area contributed by atoms with Crippen LogP contribution in [0.3, 0.4) is 0 Å². The number of ketones is 1. The Kier molecular flexibility index (Phi) is 2.85. The lowest BCUT2D eigenvalue weighted by Crippen LogP contribution is -1.94. The van der Waals surface area contributed by atoms with Gasteiger partial charge in [-0.25, -0.2) is 4.39 Å². The highest BCUT2D eigenvalue weighted by atomic mass is 79.9. The zero-order valence-corrected chi connectivity index (χ0v) is 8.54. The lowest BCUT2D eigenvalue weighted by Gasteiger charge is -2.00. The van der Waals surface area contributed by atoms with E-state index in [0.29, 0.717) is 0 Å². The number of hydrogen-bond acceptors (Lipinski definition) is 1. The van der Waals surface area contributed by atoms with E-state index in [1.165, 1.54) is 13.0 Å². The molecule has 0 unspecified atom stereocenters. The first-order chi connectivity index (χ1) is 5.52. The van der Waals surface area contributed by atoms with Crippen LogP contribution in [0.25, 0.3) is 0 Å². The fourth-order valence-corrected chi connectivity index (χ4v) is 1.56. The predicted molar refractivity (Wildman–Crippen MR) is 49.1 cm³/mol. The van der Waals surface area contributed by atoms with Crippen LogP contribution >= 0.6 is 27.5 Å². The molecule has 0 radical (unpaired) electrons. The van der Waals surface area contributed by atoms with Crippen LogP contribution in [0.2, 0.25) is 5.02 Å². The summed E-state index contributed by atoms with van der Waals surface area (Å²) in [6.07, 6.45) is 0. The predicted octanol–water partition coefficient (Wildman–Crippen LogP) is 3.44. The third-order valence-corrected chi connectivity index (χ3v) is 2.31. The zero-order chi connectivity index (χ0) is 9.30. The molecule has 0 spiro atoms. The summed E-state index contributed by atoms with van der Waals surface area (Å²) in [6.45, 7) is 1.34. The molecular formula is C8H5BrClFO. The van der Waals surface area contributed by atoms with E-state index in [0.717, 1.165) is 6.07 Å². The summed E-state index contributed by atoms with van der Waals surface area (Å²) in [5.41, 5.74) is 0.206. The summed E-state index contributed by atoms with van der Waals surface area (Å²) < 4.78 is 13.1. The van der Waals surface area contributed by atoms with Crippen molar-refractivity contribution in [3.8, 4) is 0 Å². The number of benzene rings is 1. The van der Waals surface area contributed by atoms with E-state index in [9.17, 15) is 9.18 Å².